The van der Waals surface area contributed by atoms with Crippen LogP contribution in [0.5, 0.6) is 0 Å². The number of rotatable bonds is 4. The lowest BCUT2D eigenvalue weighted by Crippen LogP contribution is -2.06. The molecule has 1 unspecified atom stereocenters. The van der Waals surface area contributed by atoms with Gasteiger partial charge >= 0.3 is 0 Å². The Kier molecular flexibility index (Phi) is 3.38. The van der Waals surface area contributed by atoms with Crippen LogP contribution in [0, 0.1) is 0 Å². The summed E-state index contributed by atoms with van der Waals surface area (Å²) < 4.78 is 0. The molecule has 15 heavy (non-hydrogen) atoms. The molecule has 80 valence electrons. The van der Waals surface area contributed by atoms with Gasteiger partial charge in [0.2, 0.25) is 0 Å². The zero-order chi connectivity index (χ0) is 10.5. The third-order valence-corrected chi connectivity index (χ3v) is 2.72. The van der Waals surface area contributed by atoms with Crippen LogP contribution in [0.3, 0.4) is 0 Å². The first-order valence-corrected chi connectivity index (χ1v) is 5.58. The molecule has 0 radical (unpaired) electrons. The van der Waals surface area contributed by atoms with Gasteiger partial charge in [0, 0.05) is 6.42 Å². The van der Waals surface area contributed by atoms with Crippen molar-refractivity contribution in [3.05, 3.63) is 35.9 Å². The highest BCUT2D eigenvalue weighted by molar-refractivity contribution is 5.82. The predicted octanol–water partition coefficient (Wildman–Crippen LogP) is 3.17. The minimum atomic E-state index is 0.328. The fraction of sp³-hybridized carbons (Fsp3) is 0.462. The molecule has 1 aromatic carbocycles. The van der Waals surface area contributed by atoms with E-state index in [2.05, 4.69) is 35.5 Å². The summed E-state index contributed by atoms with van der Waals surface area (Å²) in [6.45, 7) is 2.02. The van der Waals surface area contributed by atoms with Gasteiger partial charge in [0.1, 0.15) is 6.10 Å². The molecular weight excluding hydrogens is 186 g/mol. The van der Waals surface area contributed by atoms with Gasteiger partial charge in [0.05, 0.1) is 5.71 Å². The maximum atomic E-state index is 5.29. The third kappa shape index (κ3) is 3.08. The maximum absolute atomic E-state index is 5.29. The van der Waals surface area contributed by atoms with Crippen molar-refractivity contribution in [3.8, 4) is 0 Å². The van der Waals surface area contributed by atoms with E-state index < -0.39 is 0 Å². The molecule has 0 spiro atoms. The Hall–Kier alpha value is -1.31. The molecule has 1 aliphatic heterocycles. The average Bonchev–Trinajstić information content (AvgIpc) is 2.66. The number of hydrogen-bond acceptors (Lipinski definition) is 2. The first-order chi connectivity index (χ1) is 7.34. The van der Waals surface area contributed by atoms with Crippen LogP contribution in [0.1, 0.15) is 31.7 Å². The standard InChI is InChI=1S/C13H17NO/c1-11-10-13(15-14-11)9-5-8-12-6-3-2-4-7-12/h2-4,6-7,13H,5,8-10H2,1H3. The molecule has 1 aromatic rings. The molecule has 0 N–H and O–H groups in total. The number of hydrogen-bond donors (Lipinski definition) is 0. The Morgan fingerprint density at radius 2 is 2.13 bits per heavy atom. The summed E-state index contributed by atoms with van der Waals surface area (Å²) in [6.07, 6.45) is 4.76. The van der Waals surface area contributed by atoms with Crippen LogP contribution in [-0.4, -0.2) is 11.8 Å². The maximum Gasteiger partial charge on any atom is 0.132 e. The minimum Gasteiger partial charge on any atom is -0.392 e. The Balaban J connectivity index is 1.68. The van der Waals surface area contributed by atoms with Crippen molar-refractivity contribution in [2.45, 2.75) is 38.7 Å². The van der Waals surface area contributed by atoms with Crippen LogP contribution in [0.25, 0.3) is 0 Å². The highest BCUT2D eigenvalue weighted by Crippen LogP contribution is 2.16. The van der Waals surface area contributed by atoms with Crippen molar-refractivity contribution in [2.75, 3.05) is 0 Å². The summed E-state index contributed by atoms with van der Waals surface area (Å²) in [6, 6.07) is 10.6. The average molecular weight is 203 g/mol. The van der Waals surface area contributed by atoms with Crippen LogP contribution in [-0.2, 0) is 11.3 Å². The first kappa shape index (κ1) is 10.2. The monoisotopic (exact) mass is 203 g/mol. The SMILES string of the molecule is CC1=NOC(CCCc2ccccc2)C1. The molecule has 1 atom stereocenters. The summed E-state index contributed by atoms with van der Waals surface area (Å²) in [7, 11) is 0. The van der Waals surface area contributed by atoms with E-state index in [-0.39, 0.29) is 0 Å². The topological polar surface area (TPSA) is 21.6 Å². The van der Waals surface area contributed by atoms with Gasteiger partial charge in [-0.05, 0) is 31.7 Å². The number of benzene rings is 1. The molecule has 0 aliphatic carbocycles. The van der Waals surface area contributed by atoms with Crippen molar-refractivity contribution in [1.82, 2.24) is 0 Å². The van der Waals surface area contributed by atoms with Crippen LogP contribution in [0.4, 0.5) is 0 Å². The van der Waals surface area contributed by atoms with Gasteiger partial charge in [-0.25, -0.2) is 0 Å². The second-order valence-corrected chi connectivity index (χ2v) is 4.14. The highest BCUT2D eigenvalue weighted by Gasteiger charge is 2.16. The highest BCUT2D eigenvalue weighted by atomic mass is 16.6. The summed E-state index contributed by atoms with van der Waals surface area (Å²) in [5.41, 5.74) is 2.54. The van der Waals surface area contributed by atoms with Gasteiger partial charge in [-0.2, -0.15) is 0 Å². The summed E-state index contributed by atoms with van der Waals surface area (Å²) in [4.78, 5) is 5.29. The third-order valence-electron chi connectivity index (χ3n) is 2.72. The lowest BCUT2D eigenvalue weighted by atomic mass is 10.0. The molecule has 0 aromatic heterocycles. The summed E-state index contributed by atoms with van der Waals surface area (Å²) >= 11 is 0. The number of oxime groups is 1. The van der Waals surface area contributed by atoms with Crippen LogP contribution >= 0.6 is 0 Å². The van der Waals surface area contributed by atoms with Gasteiger partial charge < -0.3 is 4.84 Å². The number of aryl methyl sites for hydroxylation is 1. The van der Waals surface area contributed by atoms with Crippen molar-refractivity contribution < 1.29 is 4.84 Å². The quantitative estimate of drug-likeness (QED) is 0.736. The van der Waals surface area contributed by atoms with E-state index in [4.69, 9.17) is 4.84 Å². The van der Waals surface area contributed by atoms with Crippen LogP contribution < -0.4 is 0 Å². The van der Waals surface area contributed by atoms with Gasteiger partial charge in [0.15, 0.2) is 0 Å². The Morgan fingerprint density at radius 1 is 1.33 bits per heavy atom. The van der Waals surface area contributed by atoms with E-state index >= 15 is 0 Å². The fourth-order valence-electron chi connectivity index (χ4n) is 1.90. The molecule has 0 bridgehead atoms. The van der Waals surface area contributed by atoms with Crippen molar-refractivity contribution in [2.24, 2.45) is 5.16 Å². The minimum absolute atomic E-state index is 0.328. The van der Waals surface area contributed by atoms with Crippen LogP contribution in [0.15, 0.2) is 35.5 Å². The van der Waals surface area contributed by atoms with Gasteiger partial charge in [-0.1, -0.05) is 35.5 Å². The van der Waals surface area contributed by atoms with E-state index in [0.29, 0.717) is 6.10 Å². The van der Waals surface area contributed by atoms with E-state index in [0.717, 1.165) is 25.0 Å². The van der Waals surface area contributed by atoms with Gasteiger partial charge in [-0.3, -0.25) is 0 Å². The molecule has 2 rings (SSSR count). The van der Waals surface area contributed by atoms with E-state index in [1.54, 1.807) is 0 Å². The normalized spacial score (nSPS) is 19.8. The predicted molar refractivity (Wildman–Crippen MR) is 62.0 cm³/mol. The molecule has 0 amide bonds. The molecule has 1 aliphatic rings. The zero-order valence-corrected chi connectivity index (χ0v) is 9.15. The smallest absolute Gasteiger partial charge is 0.132 e. The zero-order valence-electron chi connectivity index (χ0n) is 9.15. The van der Waals surface area contributed by atoms with Crippen LogP contribution in [0.2, 0.25) is 0 Å². The molecule has 0 fully saturated rings. The largest absolute Gasteiger partial charge is 0.392 e. The second kappa shape index (κ2) is 4.96. The van der Waals surface area contributed by atoms with E-state index in [9.17, 15) is 0 Å². The molecule has 2 nitrogen and oxygen atoms in total. The number of nitrogens with zero attached hydrogens (tertiary/aromatic N) is 1. The van der Waals surface area contributed by atoms with Crippen molar-refractivity contribution in [3.63, 3.8) is 0 Å². The Labute approximate surface area is 90.9 Å². The molecule has 1 heterocycles. The molecule has 2 heteroatoms. The summed E-state index contributed by atoms with van der Waals surface area (Å²) in [5, 5.41) is 3.96. The van der Waals surface area contributed by atoms with Crippen molar-refractivity contribution in [1.29, 1.82) is 0 Å². The van der Waals surface area contributed by atoms with E-state index in [1.807, 2.05) is 6.92 Å². The Bertz CT molecular complexity index is 332. The van der Waals surface area contributed by atoms with Gasteiger partial charge in [-0.15, -0.1) is 0 Å². The molecule has 0 saturated carbocycles. The van der Waals surface area contributed by atoms with Crippen molar-refractivity contribution >= 4 is 5.71 Å². The fourth-order valence-corrected chi connectivity index (χ4v) is 1.90. The van der Waals surface area contributed by atoms with Gasteiger partial charge in [0.25, 0.3) is 0 Å². The first-order valence-electron chi connectivity index (χ1n) is 5.58. The Morgan fingerprint density at radius 3 is 2.80 bits per heavy atom. The molecule has 0 saturated heterocycles. The second-order valence-electron chi connectivity index (χ2n) is 4.14. The molecular formula is C13H17NO. The van der Waals surface area contributed by atoms with E-state index in [1.165, 1.54) is 12.0 Å². The lowest BCUT2D eigenvalue weighted by Gasteiger charge is -2.07. The summed E-state index contributed by atoms with van der Waals surface area (Å²) in [5.74, 6) is 0. The lowest BCUT2D eigenvalue weighted by molar-refractivity contribution is 0.0776.